The third-order valence-electron chi connectivity index (χ3n) is 14.7. The van der Waals surface area contributed by atoms with Gasteiger partial charge in [0.1, 0.15) is 42.1 Å². The normalized spacial score (nSPS) is 11.8. The molecule has 29 heteroatoms. The number of H-pyrrole nitrogens is 1. The maximum Gasteiger partial charge on any atom is 0.306 e. The number of hydrogen-bond acceptors (Lipinski definition) is 23. The zero-order chi connectivity index (χ0) is 69.6. The number of nitrogens with two attached hydrogens (primary N) is 1. The summed E-state index contributed by atoms with van der Waals surface area (Å²) >= 11 is 3.10. The molecule has 10 N–H and O–H groups in total. The number of aromatic amines is 1. The number of aryl methyl sites for hydroxylation is 1. The summed E-state index contributed by atoms with van der Waals surface area (Å²) in [5, 5.41) is 51.7. The Labute approximate surface area is 626 Å². The van der Waals surface area contributed by atoms with E-state index in [1.54, 1.807) is 25.7 Å². The number of rotatable bonds is 59. The average Bonchev–Trinajstić information content (AvgIpc) is 1.25. The molecule has 0 aliphatic heterocycles. The Morgan fingerprint density at radius 2 is 1.04 bits per heavy atom. The summed E-state index contributed by atoms with van der Waals surface area (Å²) < 4.78 is 21.5. The summed E-state index contributed by atoms with van der Waals surface area (Å²) in [4.78, 5) is 115. The molecule has 1 rings (SSSR count). The van der Waals surface area contributed by atoms with E-state index in [4.69, 9.17) is 34.9 Å². The van der Waals surface area contributed by atoms with Gasteiger partial charge in [0.15, 0.2) is 11.6 Å². The molecule has 0 aliphatic carbocycles. The van der Waals surface area contributed by atoms with Crippen molar-refractivity contribution in [2.24, 2.45) is 23.5 Å². The third kappa shape index (κ3) is 78.1. The number of aliphatic hydroxyl groups is 1. The molecule has 0 spiro atoms. The molecule has 6 atom stereocenters. The monoisotopic (exact) mass is 1510 g/mol. The number of thioether (sulfide) groups is 2. The number of ketones is 6. The Kier molecular flexibility index (Phi) is 103. The van der Waals surface area contributed by atoms with Crippen LogP contribution in [0.2, 0.25) is 0 Å². The van der Waals surface area contributed by atoms with Crippen LogP contribution in [0.5, 0.6) is 0 Å². The van der Waals surface area contributed by atoms with Crippen molar-refractivity contribution in [1.29, 1.82) is 0 Å². The van der Waals surface area contributed by atoms with E-state index in [2.05, 4.69) is 41.9 Å². The minimum absolute atomic E-state index is 0. The maximum atomic E-state index is 12.5. The van der Waals surface area contributed by atoms with Gasteiger partial charge in [-0.05, 0) is 85.6 Å². The first-order valence-electron chi connectivity index (χ1n) is 32.9. The Morgan fingerprint density at radius 1 is 0.560 bits per heavy atom. The van der Waals surface area contributed by atoms with Crippen LogP contribution in [0.15, 0.2) is 0 Å². The first kappa shape index (κ1) is 120. The number of aliphatic hydroxyl groups excluding tert-OH is 1. The van der Waals surface area contributed by atoms with Crippen LogP contribution in [0, 0.1) is 25.2 Å². The Hall–Kier alpha value is -4.07. The van der Waals surface area contributed by atoms with Crippen molar-refractivity contribution < 1.29 is 101 Å². The van der Waals surface area contributed by atoms with Crippen molar-refractivity contribution in [3.05, 3.63) is 13.3 Å². The Bertz CT molecular complexity index is 2090. The van der Waals surface area contributed by atoms with Crippen molar-refractivity contribution in [1.82, 2.24) is 41.9 Å². The fraction of sp³-hybridized carbons (Fsp3) is 0.831. The van der Waals surface area contributed by atoms with Gasteiger partial charge in [0, 0.05) is 88.3 Å². The molecule has 0 unspecified atom stereocenters. The quantitative estimate of drug-likeness (QED) is 0.0216. The van der Waals surface area contributed by atoms with Crippen LogP contribution in [-0.2, 0) is 91.9 Å². The number of unbranched alkanes of at least 4 members (excludes halogenated alkanes) is 12. The minimum Gasteiger partial charge on any atom is -0.481 e. The first-order chi connectivity index (χ1) is 44.0. The van der Waals surface area contributed by atoms with Crippen LogP contribution in [0.1, 0.15) is 240 Å². The largest absolute Gasteiger partial charge is 0.481 e. The molecule has 0 aromatic carbocycles. The number of carbonyl (C=O) groups is 10. The standard InChI is InChI=1S/C46H81N7O12S.C8H16O2.C6H13NOS.C4H9NO2.6CH4.CH3.V/c1-37(54)42(47-2)36-66-35-41(57)19-16-24-48-45(59)34-65-31-28-62-26-17-20-40(56)33-64-30-29-63-27-25-49-44(58)23-22-38(46(60)61)32-39(55)18-14-12-10-8-6-4-3-5-7-9-11-13-15-21-43-50-52-53-51-43;1-4-6(3)7(5-2)8(9)10;1-5(8)6(7-2)4-9-3;1-3(7)4(5)2-6;;;;;;;;/h38,42,47H,3-36H2,1-2H3,(H,48,59)(H,49,58)(H,60,61)(H,50,51,52,53);6-7H,4-5H2,1-3H3,(H,9,10);6-7H,4H2,1-3H3;4,6H,2,5H2,1H3;6*1H4;1H3;/q;;;;;;;;;;-1;/t38-,42+;6-,7-;6-;4-;;;;;;;;/m1000......../s1. The van der Waals surface area contributed by atoms with E-state index in [0.29, 0.717) is 56.3 Å². The SMILES string of the molecule is C.C.C.C.C.C.CC(=O)[C@@H](N)CO.CC[C@H](C(=O)O)[C@@H](C)CC.CN[C@@H](CSC)C(C)=O.CN[C@@H](CSCC(=O)CCCNC(=O)COCCOCCCC(=O)COCCOCCNC(=O)CC[C@H](CC(=O)CCCCCCCCCCCCCCCc1nn[nH]n1)C(=O)O)C(C)=O.[CH3-].[V]. The van der Waals surface area contributed by atoms with E-state index < -0.39 is 23.9 Å². The van der Waals surface area contributed by atoms with Crippen molar-refractivity contribution in [3.8, 4) is 0 Å². The number of nitrogens with zero attached hydrogens (tertiary/aromatic N) is 3. The fourth-order valence-electron chi connectivity index (χ4n) is 8.55. The van der Waals surface area contributed by atoms with E-state index >= 15 is 0 Å². The van der Waals surface area contributed by atoms with E-state index in [1.807, 2.05) is 34.1 Å². The summed E-state index contributed by atoms with van der Waals surface area (Å²) in [5.74, 6) is -0.487. The molecule has 0 saturated heterocycles. The first-order valence-corrected chi connectivity index (χ1v) is 35.5. The van der Waals surface area contributed by atoms with Crippen molar-refractivity contribution in [2.45, 2.75) is 258 Å². The van der Waals surface area contributed by atoms with Crippen LogP contribution in [0.4, 0.5) is 0 Å². The molecular formula is C71H146N9O17S2V-. The second-order valence-corrected chi connectivity index (χ2v) is 24.5. The molecule has 0 fully saturated rings. The van der Waals surface area contributed by atoms with Gasteiger partial charge in [-0.1, -0.05) is 148 Å². The molecule has 1 radical (unpaired) electrons. The molecule has 1 heterocycles. The topological polar surface area (TPSA) is 397 Å². The van der Waals surface area contributed by atoms with E-state index in [9.17, 15) is 53.1 Å². The molecule has 2 amide bonds. The Balaban J connectivity index is -0.000000217. The van der Waals surface area contributed by atoms with E-state index in [-0.39, 0.29) is 220 Å². The fourth-order valence-corrected chi connectivity index (χ4v) is 10.4. The maximum absolute atomic E-state index is 12.5. The van der Waals surface area contributed by atoms with Gasteiger partial charge in [0.05, 0.1) is 75.4 Å². The van der Waals surface area contributed by atoms with Gasteiger partial charge >= 0.3 is 11.9 Å². The van der Waals surface area contributed by atoms with Gasteiger partial charge < -0.3 is 68.7 Å². The molecule has 1 aromatic rings. The minimum atomic E-state index is -1.06. The van der Waals surface area contributed by atoms with Crippen LogP contribution in [0.25, 0.3) is 0 Å². The van der Waals surface area contributed by atoms with Crippen LogP contribution >= 0.6 is 23.5 Å². The van der Waals surface area contributed by atoms with Crippen LogP contribution < -0.4 is 27.0 Å². The van der Waals surface area contributed by atoms with Crippen LogP contribution in [-0.4, -0.2) is 223 Å². The number of ether oxygens (including phenoxy) is 4. The van der Waals surface area contributed by atoms with Gasteiger partial charge in [-0.25, -0.2) is 0 Å². The van der Waals surface area contributed by atoms with Gasteiger partial charge in [-0.15, -0.1) is 10.2 Å². The van der Waals surface area contributed by atoms with Crippen molar-refractivity contribution in [3.63, 3.8) is 0 Å². The smallest absolute Gasteiger partial charge is 0.306 e. The number of hydrogen-bond donors (Lipinski definition) is 9. The molecule has 0 bridgehead atoms. The molecule has 0 saturated carbocycles. The summed E-state index contributed by atoms with van der Waals surface area (Å²) in [6, 6.07) is -0.895. The number of carboxylic acids is 2. The number of carbonyl (C=O) groups excluding carboxylic acids is 8. The number of likely N-dealkylation sites (N-methyl/N-ethyl adjacent to an activating group) is 2. The predicted molar refractivity (Wildman–Crippen MR) is 406 cm³/mol. The van der Waals surface area contributed by atoms with Gasteiger partial charge in [0.2, 0.25) is 11.8 Å². The predicted octanol–water partition coefficient (Wildman–Crippen LogP) is 10.4. The molecule has 0 aliphatic rings. The van der Waals surface area contributed by atoms with Gasteiger partial charge in [-0.2, -0.15) is 28.7 Å². The van der Waals surface area contributed by atoms with E-state index in [0.717, 1.165) is 62.9 Å². The molecule has 1 aromatic heterocycles. The number of aromatic nitrogens is 4. The summed E-state index contributed by atoms with van der Waals surface area (Å²) in [6.45, 7) is 12.1. The molecule has 595 valence electrons. The van der Waals surface area contributed by atoms with Gasteiger partial charge in [0.25, 0.3) is 0 Å². The number of aliphatic carboxylic acids is 2. The summed E-state index contributed by atoms with van der Waals surface area (Å²) in [7, 11) is 3.52. The van der Waals surface area contributed by atoms with Crippen molar-refractivity contribution >= 4 is 82.0 Å². The average molecular weight is 1510 g/mol. The zero-order valence-corrected chi connectivity index (χ0v) is 61.6. The zero-order valence-electron chi connectivity index (χ0n) is 58.6. The summed E-state index contributed by atoms with van der Waals surface area (Å²) in [6.07, 6.45) is 21.7. The molecule has 26 nitrogen and oxygen atoms in total. The number of Topliss-reactive ketones (excluding diaryl/α,β-unsaturated/α-hetero) is 6. The number of nitrogens with one attached hydrogen (secondary N) is 5. The van der Waals surface area contributed by atoms with Gasteiger partial charge in [-0.3, -0.25) is 47.9 Å². The van der Waals surface area contributed by atoms with E-state index in [1.165, 1.54) is 77.0 Å². The van der Waals surface area contributed by atoms with Crippen molar-refractivity contribution in [2.75, 3.05) is 110 Å². The van der Waals surface area contributed by atoms with Crippen LogP contribution in [0.3, 0.4) is 0 Å². The summed E-state index contributed by atoms with van der Waals surface area (Å²) in [5.41, 5.74) is 5.02. The number of tetrazole rings is 1. The second-order valence-electron chi connectivity index (χ2n) is 22.6. The second kappa shape index (κ2) is 85.6. The number of amides is 2. The third-order valence-corrected chi connectivity index (χ3v) is 16.4. The number of carboxylic acid groups (broad SMARTS) is 2. The molecular weight excluding hydrogens is 1370 g/mol. The Morgan fingerprint density at radius 3 is 1.47 bits per heavy atom. The molecule has 100 heavy (non-hydrogen) atoms.